The molecule has 3 aromatic carbocycles. The van der Waals surface area contributed by atoms with E-state index >= 15 is 0 Å². The molecule has 0 aliphatic carbocycles. The van der Waals surface area contributed by atoms with E-state index in [2.05, 4.69) is 0 Å². The molecule has 0 saturated carbocycles. The molecule has 0 heterocycles. The maximum Gasteiger partial charge on any atom is 0.295 e. The van der Waals surface area contributed by atoms with E-state index in [9.17, 15) is 25.3 Å². The Balaban J connectivity index is 0.000000255. The Hall–Kier alpha value is -2.86. The summed E-state index contributed by atoms with van der Waals surface area (Å²) >= 11 is 5.73. The molecule has 9 N–H and O–H groups in total. The summed E-state index contributed by atoms with van der Waals surface area (Å²) in [7, 11) is -13.2. The van der Waals surface area contributed by atoms with Gasteiger partial charge in [-0.05, 0) is 42.1 Å². The van der Waals surface area contributed by atoms with Crippen molar-refractivity contribution in [1.29, 1.82) is 0 Å². The van der Waals surface area contributed by atoms with Crippen LogP contribution < -0.4 is 21.9 Å². The fourth-order valence-electron chi connectivity index (χ4n) is 2.81. The Morgan fingerprint density at radius 3 is 2.00 bits per heavy atom. The van der Waals surface area contributed by atoms with Crippen molar-refractivity contribution in [3.8, 4) is 5.75 Å². The number of rotatable bonds is 7. The standard InChI is InChI=1S/C10H9NO6S2.C9H13ClN2O4S/c11-7-2-1-6-3-8(18(12,13)14)5-10(9(6)4-7)19(15,16)17;10-6-4-8(12)9(5-7(6)11)16-2-1-3-17(13,14)15/h1-5H,11H2,(H,12,13,14)(H,15,16,17);4-5H,1-3,11-12H2,(H,13,14,15). The molecule has 36 heavy (non-hydrogen) atoms. The molecule has 0 fully saturated rings. The number of fused-ring (bicyclic) bond motifs is 1. The molecule has 0 aliphatic rings. The van der Waals surface area contributed by atoms with Crippen LogP contribution in [0, 0.1) is 0 Å². The monoisotopic (exact) mass is 583 g/mol. The quantitative estimate of drug-likeness (QED) is 0.132. The number of benzene rings is 3. The second-order valence-corrected chi connectivity index (χ2v) is 12.0. The zero-order valence-electron chi connectivity index (χ0n) is 18.2. The minimum Gasteiger partial charge on any atom is -0.491 e. The van der Waals surface area contributed by atoms with Crippen molar-refractivity contribution in [2.24, 2.45) is 0 Å². The Morgan fingerprint density at radius 1 is 0.806 bits per heavy atom. The first-order chi connectivity index (χ1) is 16.4. The van der Waals surface area contributed by atoms with E-state index in [0.29, 0.717) is 28.2 Å². The highest BCUT2D eigenvalue weighted by Crippen LogP contribution is 2.31. The number of hydrogen-bond acceptors (Lipinski definition) is 10. The fraction of sp³-hybridized carbons (Fsp3) is 0.158. The van der Waals surface area contributed by atoms with E-state index in [4.69, 9.17) is 47.2 Å². The molecule has 3 aromatic rings. The molecule has 0 atom stereocenters. The second kappa shape index (κ2) is 11.0. The predicted octanol–water partition coefficient (Wildman–Crippen LogP) is 2.08. The number of hydrogen-bond donors (Lipinski definition) is 6. The molecule has 0 saturated heterocycles. The first-order valence-corrected chi connectivity index (χ1v) is 14.5. The lowest BCUT2D eigenvalue weighted by atomic mass is 10.1. The topological polar surface area (TPSA) is 250 Å². The average Bonchev–Trinajstić information content (AvgIpc) is 2.72. The van der Waals surface area contributed by atoms with Gasteiger partial charge < -0.3 is 21.9 Å². The largest absolute Gasteiger partial charge is 0.491 e. The summed E-state index contributed by atoms with van der Waals surface area (Å²) in [6.45, 7) is 0.102. The maximum atomic E-state index is 11.3. The summed E-state index contributed by atoms with van der Waals surface area (Å²) < 4.78 is 97.4. The van der Waals surface area contributed by atoms with Crippen molar-refractivity contribution in [1.82, 2.24) is 0 Å². The van der Waals surface area contributed by atoms with Crippen molar-refractivity contribution in [2.45, 2.75) is 16.2 Å². The molecule has 3 rings (SSSR count). The highest BCUT2D eigenvalue weighted by molar-refractivity contribution is 7.87. The van der Waals surface area contributed by atoms with Crippen LogP contribution in [0.1, 0.15) is 6.42 Å². The van der Waals surface area contributed by atoms with Crippen LogP contribution in [0.15, 0.2) is 52.3 Å². The van der Waals surface area contributed by atoms with Crippen LogP contribution in [0.5, 0.6) is 5.75 Å². The molecule has 0 unspecified atom stereocenters. The van der Waals surface area contributed by atoms with Gasteiger partial charge in [-0.1, -0.05) is 17.7 Å². The number of halogens is 1. The smallest absolute Gasteiger partial charge is 0.295 e. The summed E-state index contributed by atoms with van der Waals surface area (Å²) in [4.78, 5) is -1.26. The summed E-state index contributed by atoms with van der Waals surface area (Å²) in [6, 6.07) is 8.77. The third-order valence-corrected chi connectivity index (χ3v) is 7.28. The van der Waals surface area contributed by atoms with E-state index < -0.39 is 40.1 Å². The lowest BCUT2D eigenvalue weighted by molar-refractivity contribution is 0.318. The highest BCUT2D eigenvalue weighted by atomic mass is 35.5. The number of nitrogen functional groups attached to an aromatic ring is 3. The molecule has 0 aliphatic heterocycles. The van der Waals surface area contributed by atoms with Gasteiger partial charge in [0, 0.05) is 17.1 Å². The van der Waals surface area contributed by atoms with Crippen LogP contribution in [-0.4, -0.2) is 51.3 Å². The van der Waals surface area contributed by atoms with Crippen molar-refractivity contribution in [3.63, 3.8) is 0 Å². The van der Waals surface area contributed by atoms with Crippen molar-refractivity contribution in [3.05, 3.63) is 47.5 Å². The van der Waals surface area contributed by atoms with Crippen molar-refractivity contribution < 1.29 is 43.6 Å². The van der Waals surface area contributed by atoms with Crippen molar-refractivity contribution >= 4 is 69.8 Å². The predicted molar refractivity (Wildman–Crippen MR) is 135 cm³/mol. The van der Waals surface area contributed by atoms with Crippen LogP contribution in [0.3, 0.4) is 0 Å². The maximum absolute atomic E-state index is 11.3. The zero-order chi connectivity index (χ0) is 27.5. The van der Waals surface area contributed by atoms with E-state index in [1.807, 2.05) is 0 Å². The van der Waals surface area contributed by atoms with Gasteiger partial charge in [-0.15, -0.1) is 0 Å². The van der Waals surface area contributed by atoms with Crippen LogP contribution in [0.4, 0.5) is 17.1 Å². The lowest BCUT2D eigenvalue weighted by Crippen LogP contribution is -2.09. The summed E-state index contributed by atoms with van der Waals surface area (Å²) in [5, 5.41) is 0.597. The SMILES string of the molecule is Nc1cc(OCCCS(=O)(=O)O)c(N)cc1Cl.Nc1ccc2cc(S(=O)(=O)O)cc(S(=O)(=O)O)c2c1. The average molecular weight is 584 g/mol. The fourth-order valence-corrected chi connectivity index (χ4v) is 4.81. The second-order valence-electron chi connectivity index (χ2n) is 7.25. The van der Waals surface area contributed by atoms with Crippen LogP contribution in [0.2, 0.25) is 5.02 Å². The van der Waals surface area contributed by atoms with Gasteiger partial charge in [0.1, 0.15) is 10.6 Å². The Morgan fingerprint density at radius 2 is 1.44 bits per heavy atom. The molecular formula is C19H22ClN3O10S3. The minimum atomic E-state index is -4.66. The van der Waals surface area contributed by atoms with Gasteiger partial charge in [0.2, 0.25) is 0 Å². The Labute approximate surface area is 212 Å². The van der Waals surface area contributed by atoms with Crippen molar-refractivity contribution in [2.75, 3.05) is 29.6 Å². The van der Waals surface area contributed by atoms with Gasteiger partial charge in [-0.3, -0.25) is 13.7 Å². The summed E-state index contributed by atoms with van der Waals surface area (Å²) in [6.07, 6.45) is 0.154. The van der Waals surface area contributed by atoms with Crippen LogP contribution >= 0.6 is 11.6 Å². The first kappa shape index (κ1) is 29.4. The Bertz CT molecular complexity index is 1610. The van der Waals surface area contributed by atoms with E-state index in [0.717, 1.165) is 6.07 Å². The van der Waals surface area contributed by atoms with Gasteiger partial charge in [-0.2, -0.15) is 25.3 Å². The van der Waals surface area contributed by atoms with Gasteiger partial charge in [0.05, 0.1) is 33.7 Å². The first-order valence-electron chi connectivity index (χ1n) is 9.59. The van der Waals surface area contributed by atoms with Gasteiger partial charge in [0.25, 0.3) is 30.4 Å². The highest BCUT2D eigenvalue weighted by Gasteiger charge is 2.20. The number of ether oxygens (including phenoxy) is 1. The summed E-state index contributed by atoms with van der Waals surface area (Å²) in [5.41, 5.74) is 17.6. The third-order valence-electron chi connectivity index (χ3n) is 4.42. The number of anilines is 3. The zero-order valence-corrected chi connectivity index (χ0v) is 21.4. The van der Waals surface area contributed by atoms with E-state index in [-0.39, 0.29) is 35.2 Å². The lowest BCUT2D eigenvalue weighted by Gasteiger charge is -2.10. The third kappa shape index (κ3) is 8.37. The van der Waals surface area contributed by atoms with Crippen LogP contribution in [-0.2, 0) is 30.4 Å². The Kier molecular flexibility index (Phi) is 9.00. The number of nitrogens with two attached hydrogens (primary N) is 3. The molecule has 0 radical (unpaired) electrons. The molecule has 0 amide bonds. The normalized spacial score (nSPS) is 12.1. The van der Waals surface area contributed by atoms with E-state index in [1.165, 1.54) is 30.3 Å². The molecule has 0 spiro atoms. The minimum absolute atomic E-state index is 0.0647. The van der Waals surface area contributed by atoms with Crippen LogP contribution in [0.25, 0.3) is 10.8 Å². The summed E-state index contributed by atoms with van der Waals surface area (Å²) in [5.74, 6) is -0.0297. The van der Waals surface area contributed by atoms with E-state index in [1.54, 1.807) is 0 Å². The molecule has 0 bridgehead atoms. The molecule has 17 heteroatoms. The molecule has 13 nitrogen and oxygen atoms in total. The molecule has 198 valence electrons. The van der Waals surface area contributed by atoms with Gasteiger partial charge in [0.15, 0.2) is 0 Å². The van der Waals surface area contributed by atoms with Gasteiger partial charge >= 0.3 is 0 Å². The molecular weight excluding hydrogens is 562 g/mol. The van der Waals surface area contributed by atoms with Gasteiger partial charge in [-0.25, -0.2) is 0 Å². The molecule has 0 aromatic heterocycles.